The minimum atomic E-state index is -1.03. The Labute approximate surface area is 80.3 Å². The lowest BCUT2D eigenvalue weighted by Gasteiger charge is -2.08. The highest BCUT2D eigenvalue weighted by molar-refractivity contribution is 6.17. The highest BCUT2D eigenvalue weighted by atomic mass is 35.5. The predicted octanol–water partition coefficient (Wildman–Crippen LogP) is 1.41. The van der Waals surface area contributed by atoms with Crippen LogP contribution in [0.4, 0.5) is 5.69 Å². The number of halogens is 1. The van der Waals surface area contributed by atoms with Crippen LogP contribution in [0.25, 0.3) is 0 Å². The summed E-state index contributed by atoms with van der Waals surface area (Å²) in [6.45, 7) is 0. The maximum atomic E-state index is 10.7. The number of rotatable bonds is 3. The fourth-order valence-electron chi connectivity index (χ4n) is 1.06. The van der Waals surface area contributed by atoms with Gasteiger partial charge in [0, 0.05) is 5.88 Å². The third-order valence-corrected chi connectivity index (χ3v) is 1.96. The Morgan fingerprint density at radius 1 is 1.62 bits per heavy atom. The fraction of sp³-hybridized carbons (Fsp3) is 0.125. The number of benzene rings is 1. The quantitative estimate of drug-likeness (QED) is 0.392. The molecule has 4 N–H and O–H groups in total. The average molecular weight is 201 g/mol. The van der Waals surface area contributed by atoms with E-state index in [0.717, 1.165) is 0 Å². The number of nitrogens with one attached hydrogen (secondary N) is 1. The zero-order chi connectivity index (χ0) is 9.84. The van der Waals surface area contributed by atoms with E-state index in [9.17, 15) is 4.79 Å². The van der Waals surface area contributed by atoms with Crippen molar-refractivity contribution in [2.24, 2.45) is 5.84 Å². The normalized spacial score (nSPS) is 9.69. The zero-order valence-corrected chi connectivity index (χ0v) is 7.51. The van der Waals surface area contributed by atoms with E-state index in [4.69, 9.17) is 22.6 Å². The molecule has 0 unspecified atom stereocenters. The predicted molar refractivity (Wildman–Crippen MR) is 50.8 cm³/mol. The van der Waals surface area contributed by atoms with E-state index in [-0.39, 0.29) is 11.4 Å². The number of nitrogen functional groups attached to an aromatic ring is 1. The number of hydrogen-bond acceptors (Lipinski definition) is 3. The minimum Gasteiger partial charge on any atom is -0.478 e. The summed E-state index contributed by atoms with van der Waals surface area (Å²) in [4.78, 5) is 10.7. The SMILES string of the molecule is NNc1c(CCl)cccc1C(=O)O. The number of alkyl halides is 1. The molecular formula is C8H9ClN2O2. The third-order valence-electron chi connectivity index (χ3n) is 1.67. The number of nitrogens with two attached hydrogens (primary N) is 1. The van der Waals surface area contributed by atoms with E-state index in [1.54, 1.807) is 12.1 Å². The van der Waals surface area contributed by atoms with Crippen LogP contribution in [-0.2, 0) is 5.88 Å². The molecule has 0 saturated heterocycles. The van der Waals surface area contributed by atoms with Crippen molar-refractivity contribution in [2.75, 3.05) is 5.43 Å². The van der Waals surface area contributed by atoms with E-state index in [1.807, 2.05) is 0 Å². The van der Waals surface area contributed by atoms with Crippen LogP contribution < -0.4 is 11.3 Å². The summed E-state index contributed by atoms with van der Waals surface area (Å²) >= 11 is 5.60. The molecule has 1 aromatic rings. The number of carboxylic acids is 1. The van der Waals surface area contributed by atoms with Gasteiger partial charge >= 0.3 is 5.97 Å². The van der Waals surface area contributed by atoms with Crippen LogP contribution in [0.5, 0.6) is 0 Å². The first-order valence-corrected chi connectivity index (χ1v) is 4.12. The molecule has 70 valence electrons. The minimum absolute atomic E-state index is 0.126. The molecule has 0 radical (unpaired) electrons. The van der Waals surface area contributed by atoms with Gasteiger partial charge in [-0.1, -0.05) is 12.1 Å². The summed E-state index contributed by atoms with van der Waals surface area (Å²) in [5, 5.41) is 8.78. The molecule has 5 heteroatoms. The van der Waals surface area contributed by atoms with Gasteiger partial charge in [0.25, 0.3) is 0 Å². The molecule has 0 fully saturated rings. The van der Waals surface area contributed by atoms with Gasteiger partial charge in [0.15, 0.2) is 0 Å². The van der Waals surface area contributed by atoms with Gasteiger partial charge in [-0.05, 0) is 11.6 Å². The zero-order valence-electron chi connectivity index (χ0n) is 6.75. The Hall–Kier alpha value is -1.26. The number of hydrazine groups is 1. The highest BCUT2D eigenvalue weighted by Gasteiger charge is 2.11. The van der Waals surface area contributed by atoms with Crippen molar-refractivity contribution in [1.29, 1.82) is 0 Å². The van der Waals surface area contributed by atoms with Gasteiger partial charge in [0.2, 0.25) is 0 Å². The summed E-state index contributed by atoms with van der Waals surface area (Å²) in [6.07, 6.45) is 0. The molecule has 0 aliphatic carbocycles. The van der Waals surface area contributed by atoms with Gasteiger partial charge in [0.05, 0.1) is 11.3 Å². The molecule has 13 heavy (non-hydrogen) atoms. The number of para-hydroxylation sites is 1. The monoisotopic (exact) mass is 200 g/mol. The number of anilines is 1. The number of aromatic carboxylic acids is 1. The van der Waals surface area contributed by atoms with Crippen molar-refractivity contribution in [2.45, 2.75) is 5.88 Å². The Morgan fingerprint density at radius 2 is 2.31 bits per heavy atom. The Kier molecular flexibility index (Phi) is 3.11. The molecular weight excluding hydrogens is 192 g/mol. The van der Waals surface area contributed by atoms with Crippen LogP contribution in [0.15, 0.2) is 18.2 Å². The molecule has 0 spiro atoms. The van der Waals surface area contributed by atoms with Crippen LogP contribution >= 0.6 is 11.6 Å². The molecule has 1 aromatic carbocycles. The molecule has 0 heterocycles. The van der Waals surface area contributed by atoms with Gasteiger partial charge < -0.3 is 10.5 Å². The molecule has 0 amide bonds. The first kappa shape index (κ1) is 9.83. The number of hydrogen-bond donors (Lipinski definition) is 3. The molecule has 0 aromatic heterocycles. The van der Waals surface area contributed by atoms with Crippen molar-refractivity contribution in [3.63, 3.8) is 0 Å². The van der Waals surface area contributed by atoms with Gasteiger partial charge in [-0.2, -0.15) is 0 Å². The lowest BCUT2D eigenvalue weighted by Crippen LogP contribution is -2.13. The van der Waals surface area contributed by atoms with Crippen LogP contribution in [0.2, 0.25) is 0 Å². The first-order valence-electron chi connectivity index (χ1n) is 3.58. The number of carboxylic acid groups (broad SMARTS) is 1. The summed E-state index contributed by atoms with van der Waals surface area (Å²) in [7, 11) is 0. The van der Waals surface area contributed by atoms with E-state index >= 15 is 0 Å². The van der Waals surface area contributed by atoms with Gasteiger partial charge in [-0.15, -0.1) is 11.6 Å². The number of carbonyl (C=O) groups is 1. The molecule has 4 nitrogen and oxygen atoms in total. The summed E-state index contributed by atoms with van der Waals surface area (Å²) in [5.74, 6) is 4.39. The second kappa shape index (κ2) is 4.11. The molecule has 1 rings (SSSR count). The topological polar surface area (TPSA) is 75.3 Å². The van der Waals surface area contributed by atoms with Gasteiger partial charge in [-0.25, -0.2) is 4.79 Å². The van der Waals surface area contributed by atoms with Crippen molar-refractivity contribution in [1.82, 2.24) is 0 Å². The van der Waals surface area contributed by atoms with Crippen LogP contribution in [0, 0.1) is 0 Å². The second-order valence-corrected chi connectivity index (χ2v) is 2.69. The largest absolute Gasteiger partial charge is 0.478 e. The standard InChI is InChI=1S/C8H9ClN2O2/c9-4-5-2-1-3-6(8(12)13)7(5)11-10/h1-3,11H,4,10H2,(H,12,13). The van der Waals surface area contributed by atoms with Crippen LogP contribution in [-0.4, -0.2) is 11.1 Å². The fourth-order valence-corrected chi connectivity index (χ4v) is 1.28. The average Bonchev–Trinajstić information content (AvgIpc) is 2.16. The summed E-state index contributed by atoms with van der Waals surface area (Å²) in [6, 6.07) is 4.81. The lowest BCUT2D eigenvalue weighted by molar-refractivity contribution is 0.0698. The summed E-state index contributed by atoms with van der Waals surface area (Å²) in [5.41, 5.74) is 3.49. The van der Waals surface area contributed by atoms with Crippen LogP contribution in [0.1, 0.15) is 15.9 Å². The van der Waals surface area contributed by atoms with E-state index in [0.29, 0.717) is 11.3 Å². The van der Waals surface area contributed by atoms with E-state index in [1.165, 1.54) is 6.07 Å². The Balaban J connectivity index is 3.27. The van der Waals surface area contributed by atoms with Crippen molar-refractivity contribution >= 4 is 23.3 Å². The Bertz CT molecular complexity index is 328. The van der Waals surface area contributed by atoms with E-state index < -0.39 is 5.97 Å². The van der Waals surface area contributed by atoms with Crippen molar-refractivity contribution in [3.8, 4) is 0 Å². The van der Waals surface area contributed by atoms with E-state index in [2.05, 4.69) is 5.43 Å². The van der Waals surface area contributed by atoms with Gasteiger partial charge in [0.1, 0.15) is 0 Å². The van der Waals surface area contributed by atoms with Crippen LogP contribution in [0.3, 0.4) is 0 Å². The Morgan fingerprint density at radius 3 is 2.77 bits per heavy atom. The van der Waals surface area contributed by atoms with Gasteiger partial charge in [-0.3, -0.25) is 5.84 Å². The maximum absolute atomic E-state index is 10.7. The molecule has 0 bridgehead atoms. The maximum Gasteiger partial charge on any atom is 0.337 e. The smallest absolute Gasteiger partial charge is 0.337 e. The first-order chi connectivity index (χ1) is 6.20. The molecule has 0 atom stereocenters. The lowest BCUT2D eigenvalue weighted by atomic mass is 10.1. The molecule has 0 saturated carbocycles. The third kappa shape index (κ3) is 1.91. The molecule has 0 aliphatic rings. The highest BCUT2D eigenvalue weighted by Crippen LogP contribution is 2.21. The van der Waals surface area contributed by atoms with Crippen molar-refractivity contribution in [3.05, 3.63) is 29.3 Å². The molecule has 0 aliphatic heterocycles. The second-order valence-electron chi connectivity index (χ2n) is 2.42. The van der Waals surface area contributed by atoms with Crippen molar-refractivity contribution < 1.29 is 9.90 Å². The summed E-state index contributed by atoms with van der Waals surface area (Å²) < 4.78 is 0.